The van der Waals surface area contributed by atoms with Gasteiger partial charge in [-0.1, -0.05) is 12.1 Å². The van der Waals surface area contributed by atoms with Crippen molar-refractivity contribution in [3.8, 4) is 5.69 Å². The number of aryl methyl sites for hydroxylation is 1. The summed E-state index contributed by atoms with van der Waals surface area (Å²) >= 11 is 0. The summed E-state index contributed by atoms with van der Waals surface area (Å²) in [7, 11) is 0. The van der Waals surface area contributed by atoms with Crippen LogP contribution in [-0.2, 0) is 0 Å². The number of benzene rings is 1. The summed E-state index contributed by atoms with van der Waals surface area (Å²) in [5.41, 5.74) is 7.11. The van der Waals surface area contributed by atoms with Gasteiger partial charge in [-0.15, -0.1) is 0 Å². The largest absolute Gasteiger partial charge is 0.397 e. The maximum atomic E-state index is 12.6. The van der Waals surface area contributed by atoms with Gasteiger partial charge in [0, 0.05) is 6.20 Å². The lowest BCUT2D eigenvalue weighted by molar-refractivity contribution is 0.145. The maximum absolute atomic E-state index is 12.6. The predicted octanol–water partition coefficient (Wildman–Crippen LogP) is 2.70. The molecule has 2 N–H and O–H groups in total. The van der Waals surface area contributed by atoms with Gasteiger partial charge in [0.25, 0.3) is 6.43 Å². The molecule has 0 amide bonds. The second-order valence-electron chi connectivity index (χ2n) is 3.50. The molecule has 3 nitrogen and oxygen atoms in total. The number of alkyl halides is 2. The average Bonchev–Trinajstić information content (AvgIpc) is 2.61. The van der Waals surface area contributed by atoms with E-state index in [2.05, 4.69) is 5.10 Å². The van der Waals surface area contributed by atoms with Crippen LogP contribution in [0.25, 0.3) is 5.69 Å². The summed E-state index contributed by atoms with van der Waals surface area (Å²) in [5, 5.41) is 3.83. The normalized spacial score (nSPS) is 11.0. The Labute approximate surface area is 91.5 Å². The molecule has 0 spiro atoms. The van der Waals surface area contributed by atoms with Crippen LogP contribution in [0.2, 0.25) is 0 Å². The van der Waals surface area contributed by atoms with Gasteiger partial charge < -0.3 is 5.73 Å². The first kappa shape index (κ1) is 10.6. The first-order chi connectivity index (χ1) is 7.59. The summed E-state index contributed by atoms with van der Waals surface area (Å²) in [5.74, 6) is 0. The minimum absolute atomic E-state index is 0.205. The molecule has 0 aliphatic rings. The van der Waals surface area contributed by atoms with Crippen LogP contribution in [0.5, 0.6) is 0 Å². The van der Waals surface area contributed by atoms with E-state index >= 15 is 0 Å². The fourth-order valence-electron chi connectivity index (χ4n) is 1.51. The molecule has 16 heavy (non-hydrogen) atoms. The molecular weight excluding hydrogens is 212 g/mol. The van der Waals surface area contributed by atoms with E-state index < -0.39 is 6.43 Å². The van der Waals surface area contributed by atoms with Crippen LogP contribution < -0.4 is 5.73 Å². The Balaban J connectivity index is 2.50. The highest BCUT2D eigenvalue weighted by Gasteiger charge is 2.16. The number of hydrogen-bond donors (Lipinski definition) is 1. The van der Waals surface area contributed by atoms with Crippen molar-refractivity contribution in [3.63, 3.8) is 0 Å². The molecular formula is C11H11F2N3. The van der Waals surface area contributed by atoms with Crippen LogP contribution in [0.1, 0.15) is 17.7 Å². The van der Waals surface area contributed by atoms with Gasteiger partial charge in [-0.3, -0.25) is 0 Å². The van der Waals surface area contributed by atoms with Crippen LogP contribution >= 0.6 is 0 Å². The Bertz CT molecular complexity index is 506. The van der Waals surface area contributed by atoms with E-state index in [0.29, 0.717) is 16.9 Å². The van der Waals surface area contributed by atoms with Gasteiger partial charge in [-0.25, -0.2) is 13.5 Å². The molecule has 0 bridgehead atoms. The number of para-hydroxylation sites is 2. The number of aromatic nitrogens is 2. The van der Waals surface area contributed by atoms with Gasteiger partial charge in [-0.05, 0) is 24.6 Å². The quantitative estimate of drug-likeness (QED) is 0.795. The molecule has 0 aliphatic heterocycles. The molecule has 1 heterocycles. The lowest BCUT2D eigenvalue weighted by Gasteiger charge is -2.04. The number of rotatable bonds is 2. The number of anilines is 1. The lowest BCUT2D eigenvalue weighted by atomic mass is 10.2. The molecule has 0 aliphatic carbocycles. The third kappa shape index (κ3) is 1.76. The van der Waals surface area contributed by atoms with Gasteiger partial charge >= 0.3 is 0 Å². The monoisotopic (exact) mass is 223 g/mol. The molecule has 84 valence electrons. The van der Waals surface area contributed by atoms with Crippen molar-refractivity contribution in [1.29, 1.82) is 0 Å². The molecule has 5 heteroatoms. The van der Waals surface area contributed by atoms with Gasteiger partial charge in [0.2, 0.25) is 0 Å². The van der Waals surface area contributed by atoms with Gasteiger partial charge in [-0.2, -0.15) is 5.10 Å². The van der Waals surface area contributed by atoms with Crippen molar-refractivity contribution in [1.82, 2.24) is 9.78 Å². The van der Waals surface area contributed by atoms with Gasteiger partial charge in [0.15, 0.2) is 0 Å². The zero-order valence-corrected chi connectivity index (χ0v) is 8.69. The highest BCUT2D eigenvalue weighted by molar-refractivity contribution is 5.57. The van der Waals surface area contributed by atoms with E-state index in [1.54, 1.807) is 37.4 Å². The number of nitrogens with zero attached hydrogens (tertiary/aromatic N) is 2. The Kier molecular flexibility index (Phi) is 2.60. The predicted molar refractivity (Wildman–Crippen MR) is 57.7 cm³/mol. The molecule has 2 aromatic rings. The van der Waals surface area contributed by atoms with Crippen LogP contribution in [-0.4, -0.2) is 9.78 Å². The second kappa shape index (κ2) is 3.92. The van der Waals surface area contributed by atoms with Crippen molar-refractivity contribution in [2.45, 2.75) is 13.3 Å². The van der Waals surface area contributed by atoms with Crippen molar-refractivity contribution >= 4 is 5.69 Å². The zero-order valence-electron chi connectivity index (χ0n) is 8.69. The average molecular weight is 223 g/mol. The fraction of sp³-hybridized carbons (Fsp3) is 0.182. The van der Waals surface area contributed by atoms with Crippen LogP contribution in [0.15, 0.2) is 30.5 Å². The van der Waals surface area contributed by atoms with Gasteiger partial charge in [0.1, 0.15) is 5.69 Å². The topological polar surface area (TPSA) is 43.8 Å². The van der Waals surface area contributed by atoms with Crippen molar-refractivity contribution in [3.05, 3.63) is 41.7 Å². The summed E-state index contributed by atoms with van der Waals surface area (Å²) in [4.78, 5) is 0. The Morgan fingerprint density at radius 1 is 1.31 bits per heavy atom. The summed E-state index contributed by atoms with van der Waals surface area (Å²) in [6.45, 7) is 1.60. The second-order valence-corrected chi connectivity index (χ2v) is 3.50. The third-order valence-corrected chi connectivity index (χ3v) is 2.33. The van der Waals surface area contributed by atoms with E-state index in [4.69, 9.17) is 5.73 Å². The van der Waals surface area contributed by atoms with E-state index in [9.17, 15) is 8.78 Å². The van der Waals surface area contributed by atoms with Crippen LogP contribution in [0, 0.1) is 6.92 Å². The molecule has 0 unspecified atom stereocenters. The van der Waals surface area contributed by atoms with Crippen molar-refractivity contribution in [2.24, 2.45) is 0 Å². The molecule has 0 radical (unpaired) electrons. The highest BCUT2D eigenvalue weighted by Crippen LogP contribution is 2.23. The summed E-state index contributed by atoms with van der Waals surface area (Å²) < 4.78 is 26.5. The molecule has 1 aromatic heterocycles. The van der Waals surface area contributed by atoms with Crippen molar-refractivity contribution < 1.29 is 8.78 Å². The smallest absolute Gasteiger partial charge is 0.282 e. The SMILES string of the molecule is Cc1cn(-c2ccccc2N)nc1C(F)F. The minimum atomic E-state index is -2.56. The molecule has 0 atom stereocenters. The van der Waals surface area contributed by atoms with Crippen molar-refractivity contribution in [2.75, 3.05) is 5.73 Å². The van der Waals surface area contributed by atoms with Gasteiger partial charge in [0.05, 0.1) is 11.4 Å². The summed E-state index contributed by atoms with van der Waals surface area (Å²) in [6.07, 6.45) is -1.01. The van der Waals surface area contributed by atoms with E-state index in [0.717, 1.165) is 0 Å². The molecule has 2 rings (SSSR count). The molecule has 1 aromatic carbocycles. The number of halogens is 2. The van der Waals surface area contributed by atoms with E-state index in [1.165, 1.54) is 4.68 Å². The number of hydrogen-bond acceptors (Lipinski definition) is 2. The van der Waals surface area contributed by atoms with E-state index in [1.807, 2.05) is 0 Å². The Hall–Kier alpha value is -1.91. The Morgan fingerprint density at radius 3 is 2.56 bits per heavy atom. The minimum Gasteiger partial charge on any atom is -0.397 e. The third-order valence-electron chi connectivity index (χ3n) is 2.33. The lowest BCUT2D eigenvalue weighted by Crippen LogP contribution is -2.00. The first-order valence-corrected chi connectivity index (χ1v) is 4.79. The zero-order chi connectivity index (χ0) is 11.7. The first-order valence-electron chi connectivity index (χ1n) is 4.79. The van der Waals surface area contributed by atoms with E-state index in [-0.39, 0.29) is 5.69 Å². The molecule has 0 fully saturated rings. The van der Waals surface area contributed by atoms with Crippen LogP contribution in [0.3, 0.4) is 0 Å². The summed E-state index contributed by atoms with van der Waals surface area (Å²) in [6, 6.07) is 7.00. The number of nitrogens with two attached hydrogens (primary N) is 1. The maximum Gasteiger partial charge on any atom is 0.282 e. The number of nitrogen functional groups attached to an aromatic ring is 1. The Morgan fingerprint density at radius 2 is 2.00 bits per heavy atom. The highest BCUT2D eigenvalue weighted by atomic mass is 19.3. The molecule has 0 saturated carbocycles. The fourth-order valence-corrected chi connectivity index (χ4v) is 1.51. The molecule has 0 saturated heterocycles. The standard InChI is InChI=1S/C11H11F2N3/c1-7-6-16(15-10(7)11(12)13)9-5-3-2-4-8(9)14/h2-6,11H,14H2,1H3. The van der Waals surface area contributed by atoms with Crippen LogP contribution in [0.4, 0.5) is 14.5 Å².